The number of rotatable bonds is 12. The summed E-state index contributed by atoms with van der Waals surface area (Å²) in [5, 5.41) is 11.2. The van der Waals surface area contributed by atoms with Crippen LogP contribution in [0.1, 0.15) is 61.1 Å². The van der Waals surface area contributed by atoms with E-state index >= 15 is 0 Å². The smallest absolute Gasteiger partial charge is 0.179 e. The number of halogens is 1. The maximum Gasteiger partial charge on any atom is 0.179 e. The fraction of sp³-hybridized carbons (Fsp3) is 0.0769. The number of anilines is 1. The van der Waals surface area contributed by atoms with E-state index in [9.17, 15) is 0 Å². The number of fused-ring (bicyclic) bond motifs is 6. The van der Waals surface area contributed by atoms with Crippen LogP contribution in [0.25, 0.3) is 44.5 Å². The van der Waals surface area contributed by atoms with Crippen LogP contribution in [0, 0.1) is 0 Å². The van der Waals surface area contributed by atoms with Gasteiger partial charge in [-0.15, -0.1) is 0 Å². The van der Waals surface area contributed by atoms with Gasteiger partial charge >= 0.3 is 0 Å². The van der Waals surface area contributed by atoms with E-state index in [1.54, 1.807) is 0 Å². The Morgan fingerprint density at radius 1 is 0.253 bits per heavy atom. The molecular formula is C91H76BrNSi2. The molecule has 0 aliphatic heterocycles. The molecule has 0 bridgehead atoms. The molecular weight excluding hydrogens is 1240 g/mol. The molecule has 14 aromatic rings. The molecule has 0 heterocycles. The van der Waals surface area contributed by atoms with Crippen LogP contribution in [0.15, 0.2) is 368 Å². The minimum absolute atomic E-state index is 0.00994. The molecule has 2 N–H and O–H groups in total. The van der Waals surface area contributed by atoms with Crippen molar-refractivity contribution in [3.8, 4) is 44.5 Å². The third-order valence-corrected chi connectivity index (χ3v) is 30.1. The van der Waals surface area contributed by atoms with Crippen molar-refractivity contribution in [1.29, 1.82) is 0 Å². The highest BCUT2D eigenvalue weighted by Crippen LogP contribution is 2.51. The Labute approximate surface area is 572 Å². The first kappa shape index (κ1) is 62.3. The monoisotopic (exact) mass is 1320 g/mol. The van der Waals surface area contributed by atoms with Crippen molar-refractivity contribution in [3.05, 3.63) is 402 Å². The van der Waals surface area contributed by atoms with Crippen LogP contribution in [-0.4, -0.2) is 16.1 Å². The molecule has 0 saturated carbocycles. The summed E-state index contributed by atoms with van der Waals surface area (Å²) in [4.78, 5) is 0. The van der Waals surface area contributed by atoms with Gasteiger partial charge in [0, 0.05) is 21.0 Å². The number of nitrogen functional groups attached to an aromatic ring is 1. The molecule has 2 aliphatic carbocycles. The summed E-state index contributed by atoms with van der Waals surface area (Å²) in [6, 6.07) is 133. The Morgan fingerprint density at radius 2 is 0.505 bits per heavy atom. The highest BCUT2D eigenvalue weighted by molar-refractivity contribution is 9.10. The molecule has 0 aromatic heterocycles. The van der Waals surface area contributed by atoms with Crippen molar-refractivity contribution >= 4 is 79.3 Å². The summed E-state index contributed by atoms with van der Waals surface area (Å²) in [6.07, 6.45) is 0.906. The average Bonchev–Trinajstić information content (AvgIpc) is 0.819. The lowest BCUT2D eigenvalue weighted by atomic mass is 9.81. The predicted octanol–water partition coefficient (Wildman–Crippen LogP) is 17.7. The number of nitrogens with two attached hydrogens (primary N) is 1. The van der Waals surface area contributed by atoms with E-state index in [0.717, 1.165) is 16.6 Å². The van der Waals surface area contributed by atoms with Crippen LogP contribution in [0.4, 0.5) is 5.69 Å². The second-order valence-electron chi connectivity index (χ2n) is 26.3. The second-order valence-corrected chi connectivity index (χ2v) is 34.8. The molecule has 460 valence electrons. The number of benzene rings is 14. The van der Waals surface area contributed by atoms with E-state index in [1.807, 2.05) is 12.1 Å². The summed E-state index contributed by atoms with van der Waals surface area (Å²) in [6.45, 7) is 9.32. The quantitative estimate of drug-likeness (QED) is 0.0736. The van der Waals surface area contributed by atoms with E-state index in [2.05, 4.69) is 395 Å². The van der Waals surface area contributed by atoms with Crippen molar-refractivity contribution in [1.82, 2.24) is 0 Å². The molecule has 0 atom stereocenters. The highest BCUT2D eigenvalue weighted by atomic mass is 79.9. The highest BCUT2D eigenvalue weighted by Gasteiger charge is 2.43. The molecule has 0 amide bonds. The Kier molecular flexibility index (Phi) is 17.5. The zero-order chi connectivity index (χ0) is 65.0. The summed E-state index contributed by atoms with van der Waals surface area (Å²) in [7, 11) is -4.84. The van der Waals surface area contributed by atoms with Gasteiger partial charge in [-0.3, -0.25) is 0 Å². The maximum absolute atomic E-state index is 5.80. The number of hydrogen-bond donors (Lipinski definition) is 1. The predicted molar refractivity (Wildman–Crippen MR) is 414 cm³/mol. The first-order valence-electron chi connectivity index (χ1n) is 33.1. The topological polar surface area (TPSA) is 26.0 Å². The zero-order valence-corrected chi connectivity index (χ0v) is 57.9. The van der Waals surface area contributed by atoms with E-state index < -0.39 is 16.1 Å². The van der Waals surface area contributed by atoms with Crippen LogP contribution < -0.4 is 47.2 Å². The minimum atomic E-state index is -2.50. The lowest BCUT2D eigenvalue weighted by molar-refractivity contribution is 0.660. The zero-order valence-electron chi connectivity index (χ0n) is 54.3. The van der Waals surface area contributed by atoms with Gasteiger partial charge in [-0.05, 0) is 162 Å². The van der Waals surface area contributed by atoms with Gasteiger partial charge in [0.05, 0.1) is 0 Å². The molecule has 1 nitrogen and oxygen atoms in total. The van der Waals surface area contributed by atoms with Crippen molar-refractivity contribution in [3.63, 3.8) is 0 Å². The van der Waals surface area contributed by atoms with Gasteiger partial charge < -0.3 is 5.73 Å². The van der Waals surface area contributed by atoms with E-state index in [-0.39, 0.29) is 10.8 Å². The van der Waals surface area contributed by atoms with E-state index in [4.69, 9.17) is 5.73 Å². The number of hydrogen-bond acceptors (Lipinski definition) is 1. The fourth-order valence-corrected chi connectivity index (χ4v) is 24.9. The first-order chi connectivity index (χ1) is 46.4. The van der Waals surface area contributed by atoms with Crippen molar-refractivity contribution < 1.29 is 0 Å². The summed E-state index contributed by atoms with van der Waals surface area (Å²) >= 11 is 3.60. The van der Waals surface area contributed by atoms with Crippen molar-refractivity contribution in [2.24, 2.45) is 0 Å². The molecule has 2 aliphatic rings. The third-order valence-electron chi connectivity index (χ3n) is 20.0. The molecule has 4 heteroatoms. The van der Waals surface area contributed by atoms with Gasteiger partial charge in [0.1, 0.15) is 0 Å². The minimum Gasteiger partial charge on any atom is -0.399 e. The normalized spacial score (nSPS) is 12.9. The maximum atomic E-state index is 5.80. The van der Waals surface area contributed by atoms with Gasteiger partial charge in [0.2, 0.25) is 0 Å². The van der Waals surface area contributed by atoms with Crippen LogP contribution in [0.2, 0.25) is 0 Å². The Morgan fingerprint density at radius 3 is 0.842 bits per heavy atom. The van der Waals surface area contributed by atoms with Crippen LogP contribution in [-0.2, 0) is 17.3 Å². The molecule has 0 spiro atoms. The van der Waals surface area contributed by atoms with E-state index in [0.29, 0.717) is 0 Å². The standard InChI is InChI=1S/C46H38Si.C24H19BrSi.C21H19N/c1-46(2)44-21-13-12-20-42(44)43-31-28-37(33-45(43)46)36-26-22-34(23-27-36)32-35-24-29-41(30-25-35)47(38-14-6-3-7-15-38,39-16-8-4-9-17-39)40-18-10-5-11-19-40;25-20-16-18-24(19-17-20)26(21-10-4-1-5-11-21,22-12-6-2-7-13-22)23-14-8-3-9-15-23;1-21(2)19-6-4-3-5-17(19)18-12-9-15(13-20(18)21)14-7-10-16(22)11-8-14/h3-31,33H,32H2,1-2H3;1-19H;3-13H,22H2,1-2H3. The summed E-state index contributed by atoms with van der Waals surface area (Å²) in [5.41, 5.74) is 25.5. The Bertz CT molecular complexity index is 4730. The molecule has 0 saturated heterocycles. The Hall–Kier alpha value is -10.2. The SMILES string of the molecule is Brc1ccc([Si](c2ccccc2)(c2ccccc2)c2ccccc2)cc1.CC1(C)c2ccccc2-c2ccc(-c3ccc(Cc4ccc([Si](c5ccccc5)(c5ccccc5)c5ccccc5)cc4)cc3)cc21.CC1(C)c2ccccc2-c2ccc(-c3ccc(N)cc3)cc21. The average molecular weight is 1320 g/mol. The van der Waals surface area contributed by atoms with Gasteiger partial charge in [0.25, 0.3) is 0 Å². The molecule has 0 unspecified atom stereocenters. The largest absolute Gasteiger partial charge is 0.399 e. The lowest BCUT2D eigenvalue weighted by Crippen LogP contribution is -2.74. The Balaban J connectivity index is 0.000000136. The molecule has 14 aromatic carbocycles. The third kappa shape index (κ3) is 11.8. The van der Waals surface area contributed by atoms with Crippen LogP contribution in [0.3, 0.4) is 0 Å². The van der Waals surface area contributed by atoms with Gasteiger partial charge in [-0.25, -0.2) is 0 Å². The molecule has 16 rings (SSSR count). The first-order valence-corrected chi connectivity index (χ1v) is 37.9. The molecule has 0 fully saturated rings. The fourth-order valence-electron chi connectivity index (χ4n) is 15.2. The van der Waals surface area contributed by atoms with Crippen LogP contribution in [0.5, 0.6) is 0 Å². The van der Waals surface area contributed by atoms with Crippen molar-refractivity contribution in [2.75, 3.05) is 5.73 Å². The van der Waals surface area contributed by atoms with Crippen molar-refractivity contribution in [2.45, 2.75) is 44.9 Å². The van der Waals surface area contributed by atoms with Crippen LogP contribution >= 0.6 is 15.9 Å². The van der Waals surface area contributed by atoms with E-state index in [1.165, 1.54) is 119 Å². The summed E-state index contributed by atoms with van der Waals surface area (Å²) in [5.74, 6) is 0. The van der Waals surface area contributed by atoms with Gasteiger partial charge in [0.15, 0.2) is 16.1 Å². The summed E-state index contributed by atoms with van der Waals surface area (Å²) < 4.78 is 1.11. The molecule has 0 radical (unpaired) electrons. The van der Waals surface area contributed by atoms with Gasteiger partial charge in [-0.2, -0.15) is 0 Å². The van der Waals surface area contributed by atoms with Gasteiger partial charge in [-0.1, -0.05) is 371 Å². The molecule has 95 heavy (non-hydrogen) atoms. The second kappa shape index (κ2) is 26.7. The lowest BCUT2D eigenvalue weighted by Gasteiger charge is -2.34.